The van der Waals surface area contributed by atoms with E-state index in [-0.39, 0.29) is 10.9 Å². The van der Waals surface area contributed by atoms with Crippen LogP contribution >= 0.6 is 0 Å². The molecule has 1 N–H and O–H groups in total. The average molecular weight is 414 g/mol. The van der Waals surface area contributed by atoms with Crippen molar-refractivity contribution in [1.29, 1.82) is 0 Å². The molecular formula is C21H27N5O2S. The molecule has 154 valence electrons. The third-order valence-corrected chi connectivity index (χ3v) is 6.95. The van der Waals surface area contributed by atoms with Gasteiger partial charge >= 0.3 is 0 Å². The first-order chi connectivity index (χ1) is 14.0. The maximum atomic E-state index is 13.1. The maximum absolute atomic E-state index is 13.1. The molecule has 1 aromatic heterocycles. The maximum Gasteiger partial charge on any atom is 0.242 e. The number of likely N-dealkylation sites (tertiary alicyclic amines) is 1. The fourth-order valence-electron chi connectivity index (χ4n) is 4.04. The molecule has 1 atom stereocenters. The van der Waals surface area contributed by atoms with Gasteiger partial charge in [-0.05, 0) is 43.6 Å². The van der Waals surface area contributed by atoms with Crippen LogP contribution in [-0.4, -0.2) is 47.9 Å². The van der Waals surface area contributed by atoms with Crippen molar-refractivity contribution in [2.45, 2.75) is 36.6 Å². The molecule has 2 aromatic carbocycles. The summed E-state index contributed by atoms with van der Waals surface area (Å²) in [6, 6.07) is 15.2. The van der Waals surface area contributed by atoms with Gasteiger partial charge in [0.1, 0.15) is 15.9 Å². The van der Waals surface area contributed by atoms with Gasteiger partial charge in [-0.1, -0.05) is 49.2 Å². The standard InChI is InChI=1S/C21H27N5O2S/c1-25-23-18-12-9-13-20(21(18)24-25)29(27,28)22-16-19(17-10-5-4-6-11-17)26-14-7-2-3-8-15-26/h4-6,9-13,19,22H,2-3,7-8,14-16H2,1H3/t19-/m0/s1. The molecule has 7 nitrogen and oxygen atoms in total. The average Bonchev–Trinajstić information content (AvgIpc) is 2.91. The predicted molar refractivity (Wildman–Crippen MR) is 113 cm³/mol. The summed E-state index contributed by atoms with van der Waals surface area (Å²) in [4.78, 5) is 3.98. The fraction of sp³-hybridized carbons (Fsp3) is 0.429. The number of hydrogen-bond donors (Lipinski definition) is 1. The van der Waals surface area contributed by atoms with E-state index in [2.05, 4.69) is 32.0 Å². The van der Waals surface area contributed by atoms with Crippen LogP contribution < -0.4 is 4.72 Å². The van der Waals surface area contributed by atoms with Crippen molar-refractivity contribution in [2.75, 3.05) is 19.6 Å². The van der Waals surface area contributed by atoms with Crippen LogP contribution in [0.4, 0.5) is 0 Å². The van der Waals surface area contributed by atoms with Crippen LogP contribution in [0, 0.1) is 0 Å². The van der Waals surface area contributed by atoms with Gasteiger partial charge in [0.2, 0.25) is 10.0 Å². The summed E-state index contributed by atoms with van der Waals surface area (Å²) in [5.41, 5.74) is 2.10. The first-order valence-electron chi connectivity index (χ1n) is 10.1. The Morgan fingerprint density at radius 3 is 2.41 bits per heavy atom. The van der Waals surface area contributed by atoms with E-state index in [0.29, 0.717) is 17.6 Å². The Balaban J connectivity index is 1.60. The second-order valence-corrected chi connectivity index (χ2v) is 9.28. The van der Waals surface area contributed by atoms with E-state index in [1.165, 1.54) is 17.6 Å². The monoisotopic (exact) mass is 413 g/mol. The van der Waals surface area contributed by atoms with Crippen molar-refractivity contribution in [2.24, 2.45) is 7.05 Å². The zero-order valence-corrected chi connectivity index (χ0v) is 17.5. The molecule has 0 bridgehead atoms. The Hall–Kier alpha value is -2.29. The molecule has 4 rings (SSSR count). The Morgan fingerprint density at radius 2 is 1.69 bits per heavy atom. The summed E-state index contributed by atoms with van der Waals surface area (Å²) >= 11 is 0. The molecule has 29 heavy (non-hydrogen) atoms. The molecule has 0 radical (unpaired) electrons. The summed E-state index contributed by atoms with van der Waals surface area (Å²) in [5.74, 6) is 0. The van der Waals surface area contributed by atoms with E-state index < -0.39 is 10.0 Å². The van der Waals surface area contributed by atoms with Crippen molar-refractivity contribution in [1.82, 2.24) is 24.6 Å². The molecule has 0 amide bonds. The summed E-state index contributed by atoms with van der Waals surface area (Å²) in [6.45, 7) is 2.30. The van der Waals surface area contributed by atoms with Gasteiger partial charge in [0.05, 0.1) is 0 Å². The van der Waals surface area contributed by atoms with E-state index in [4.69, 9.17) is 0 Å². The zero-order chi connectivity index (χ0) is 20.3. The SMILES string of the molecule is Cn1nc2cccc(S(=O)(=O)NC[C@@H](c3ccccc3)N3CCCCCC3)c2n1. The Labute approximate surface area is 171 Å². The van der Waals surface area contributed by atoms with Crippen LogP contribution in [0.1, 0.15) is 37.3 Å². The summed E-state index contributed by atoms with van der Waals surface area (Å²) in [5, 5.41) is 8.46. The second kappa shape index (κ2) is 8.61. The number of aryl methyl sites for hydroxylation is 1. The molecular weight excluding hydrogens is 386 g/mol. The van der Waals surface area contributed by atoms with Crippen molar-refractivity contribution in [3.05, 3.63) is 54.1 Å². The third-order valence-electron chi connectivity index (χ3n) is 5.50. The minimum atomic E-state index is -3.72. The Bertz CT molecular complexity index is 1060. The van der Waals surface area contributed by atoms with Gasteiger partial charge in [0.15, 0.2) is 0 Å². The van der Waals surface area contributed by atoms with E-state index >= 15 is 0 Å². The largest absolute Gasteiger partial charge is 0.295 e. The first-order valence-corrected chi connectivity index (χ1v) is 11.6. The Morgan fingerprint density at radius 1 is 0.966 bits per heavy atom. The van der Waals surface area contributed by atoms with E-state index in [9.17, 15) is 8.42 Å². The van der Waals surface area contributed by atoms with Crippen LogP contribution in [0.15, 0.2) is 53.4 Å². The minimum absolute atomic E-state index is 0.00476. The second-order valence-electron chi connectivity index (χ2n) is 7.54. The molecule has 2 heterocycles. The molecule has 1 fully saturated rings. The first kappa shape index (κ1) is 20.0. The number of nitrogens with one attached hydrogen (secondary N) is 1. The molecule has 0 aliphatic carbocycles. The van der Waals surface area contributed by atoms with Gasteiger partial charge in [-0.25, -0.2) is 13.1 Å². The van der Waals surface area contributed by atoms with Gasteiger partial charge in [0, 0.05) is 19.6 Å². The topological polar surface area (TPSA) is 80.1 Å². The lowest BCUT2D eigenvalue weighted by atomic mass is 10.1. The highest BCUT2D eigenvalue weighted by Gasteiger charge is 2.25. The van der Waals surface area contributed by atoms with Crippen LogP contribution in [0.2, 0.25) is 0 Å². The summed E-state index contributed by atoms with van der Waals surface area (Å²) in [6.07, 6.45) is 4.76. The highest BCUT2D eigenvalue weighted by Crippen LogP contribution is 2.25. The molecule has 1 aliphatic heterocycles. The lowest BCUT2D eigenvalue weighted by Crippen LogP contribution is -2.38. The molecule has 0 unspecified atom stereocenters. The molecule has 8 heteroatoms. The van der Waals surface area contributed by atoms with Gasteiger partial charge < -0.3 is 0 Å². The van der Waals surface area contributed by atoms with Crippen LogP contribution in [-0.2, 0) is 17.1 Å². The molecule has 3 aromatic rings. The minimum Gasteiger partial charge on any atom is -0.295 e. The zero-order valence-electron chi connectivity index (χ0n) is 16.7. The van der Waals surface area contributed by atoms with E-state index in [1.54, 1.807) is 25.2 Å². The fourth-order valence-corrected chi connectivity index (χ4v) is 5.23. The number of benzene rings is 2. The lowest BCUT2D eigenvalue weighted by Gasteiger charge is -2.31. The number of sulfonamides is 1. The summed E-state index contributed by atoms with van der Waals surface area (Å²) < 4.78 is 29.1. The number of nitrogens with zero attached hydrogens (tertiary/aromatic N) is 4. The smallest absolute Gasteiger partial charge is 0.242 e. The van der Waals surface area contributed by atoms with Crippen molar-refractivity contribution in [3.8, 4) is 0 Å². The van der Waals surface area contributed by atoms with Crippen molar-refractivity contribution >= 4 is 21.1 Å². The molecule has 0 saturated carbocycles. The third kappa shape index (κ3) is 4.49. The highest BCUT2D eigenvalue weighted by atomic mass is 32.2. The molecule has 0 spiro atoms. The molecule has 1 aliphatic rings. The van der Waals surface area contributed by atoms with Crippen molar-refractivity contribution < 1.29 is 8.42 Å². The number of rotatable bonds is 6. The quantitative estimate of drug-likeness (QED) is 0.672. The van der Waals surface area contributed by atoms with Crippen LogP contribution in [0.3, 0.4) is 0 Å². The van der Waals surface area contributed by atoms with Crippen LogP contribution in [0.25, 0.3) is 11.0 Å². The molecule has 1 saturated heterocycles. The van der Waals surface area contributed by atoms with E-state index in [0.717, 1.165) is 31.5 Å². The van der Waals surface area contributed by atoms with Gasteiger partial charge in [0.25, 0.3) is 0 Å². The number of hydrogen-bond acceptors (Lipinski definition) is 5. The van der Waals surface area contributed by atoms with Crippen LogP contribution in [0.5, 0.6) is 0 Å². The van der Waals surface area contributed by atoms with Gasteiger partial charge in [-0.3, -0.25) is 4.90 Å². The van der Waals surface area contributed by atoms with Gasteiger partial charge in [-0.2, -0.15) is 15.0 Å². The number of aromatic nitrogens is 3. The van der Waals surface area contributed by atoms with E-state index in [1.807, 2.05) is 18.2 Å². The predicted octanol–water partition coefficient (Wildman–Crippen LogP) is 2.86. The lowest BCUT2D eigenvalue weighted by molar-refractivity contribution is 0.206. The summed E-state index contributed by atoms with van der Waals surface area (Å²) in [7, 11) is -2.03. The Kier molecular flexibility index (Phi) is 5.94. The normalized spacial score (nSPS) is 17.3. The number of fused-ring (bicyclic) bond motifs is 1. The van der Waals surface area contributed by atoms with Crippen molar-refractivity contribution in [3.63, 3.8) is 0 Å². The van der Waals surface area contributed by atoms with Gasteiger partial charge in [-0.15, -0.1) is 0 Å². The highest BCUT2D eigenvalue weighted by molar-refractivity contribution is 7.89.